The van der Waals surface area contributed by atoms with E-state index in [1.54, 1.807) is 6.33 Å². The van der Waals surface area contributed by atoms with Crippen molar-refractivity contribution < 1.29 is 0 Å². The van der Waals surface area contributed by atoms with Crippen LogP contribution >= 0.6 is 0 Å². The third kappa shape index (κ3) is 2.08. The summed E-state index contributed by atoms with van der Waals surface area (Å²) < 4.78 is 0. The predicted molar refractivity (Wildman–Crippen MR) is 65.5 cm³/mol. The third-order valence-electron chi connectivity index (χ3n) is 3.36. The van der Waals surface area contributed by atoms with Crippen LogP contribution in [-0.4, -0.2) is 15.2 Å². The van der Waals surface area contributed by atoms with Crippen molar-refractivity contribution in [2.45, 2.75) is 32.4 Å². The fourth-order valence-electron chi connectivity index (χ4n) is 2.47. The van der Waals surface area contributed by atoms with E-state index in [2.05, 4.69) is 45.6 Å². The SMILES string of the molecule is Cc1ccc2c(c1)C(NCc1ncn[nH]1)CC2. The van der Waals surface area contributed by atoms with E-state index in [-0.39, 0.29) is 0 Å². The van der Waals surface area contributed by atoms with Gasteiger partial charge in [0.2, 0.25) is 0 Å². The second-order valence-corrected chi connectivity index (χ2v) is 4.61. The topological polar surface area (TPSA) is 53.6 Å². The van der Waals surface area contributed by atoms with Crippen molar-refractivity contribution in [3.8, 4) is 0 Å². The number of H-pyrrole nitrogens is 1. The van der Waals surface area contributed by atoms with E-state index in [0.29, 0.717) is 6.04 Å². The minimum absolute atomic E-state index is 0.454. The first-order valence-corrected chi connectivity index (χ1v) is 6.00. The number of fused-ring (bicyclic) bond motifs is 1. The molecule has 17 heavy (non-hydrogen) atoms. The summed E-state index contributed by atoms with van der Waals surface area (Å²) in [7, 11) is 0. The summed E-state index contributed by atoms with van der Waals surface area (Å²) in [6.07, 6.45) is 3.89. The number of aryl methyl sites for hydroxylation is 2. The fraction of sp³-hybridized carbons (Fsp3) is 0.385. The molecule has 1 aromatic heterocycles. The molecule has 0 saturated heterocycles. The number of hydrogen-bond donors (Lipinski definition) is 2. The molecule has 1 aliphatic carbocycles. The lowest BCUT2D eigenvalue weighted by molar-refractivity contribution is 0.519. The second-order valence-electron chi connectivity index (χ2n) is 4.61. The van der Waals surface area contributed by atoms with Gasteiger partial charge in [-0.2, -0.15) is 5.10 Å². The molecule has 4 nitrogen and oxygen atoms in total. The maximum atomic E-state index is 4.12. The van der Waals surface area contributed by atoms with Gasteiger partial charge >= 0.3 is 0 Å². The molecule has 0 bridgehead atoms. The Morgan fingerprint density at radius 3 is 3.24 bits per heavy atom. The smallest absolute Gasteiger partial charge is 0.138 e. The van der Waals surface area contributed by atoms with Crippen LogP contribution in [0.4, 0.5) is 0 Å². The van der Waals surface area contributed by atoms with Gasteiger partial charge in [0.1, 0.15) is 12.2 Å². The van der Waals surface area contributed by atoms with Crippen molar-refractivity contribution in [3.05, 3.63) is 47.0 Å². The molecular weight excluding hydrogens is 212 g/mol. The quantitative estimate of drug-likeness (QED) is 0.843. The Labute approximate surface area is 100 Å². The number of hydrogen-bond acceptors (Lipinski definition) is 3. The average Bonchev–Trinajstić information content (AvgIpc) is 2.94. The van der Waals surface area contributed by atoms with Crippen LogP contribution in [-0.2, 0) is 13.0 Å². The van der Waals surface area contributed by atoms with Crippen LogP contribution in [0.25, 0.3) is 0 Å². The van der Waals surface area contributed by atoms with E-state index in [4.69, 9.17) is 0 Å². The molecule has 1 aliphatic rings. The normalized spacial score (nSPS) is 18.3. The highest BCUT2D eigenvalue weighted by Gasteiger charge is 2.21. The molecule has 1 heterocycles. The van der Waals surface area contributed by atoms with Gasteiger partial charge < -0.3 is 5.32 Å². The van der Waals surface area contributed by atoms with Gasteiger partial charge in [-0.05, 0) is 30.9 Å². The van der Waals surface area contributed by atoms with E-state index in [9.17, 15) is 0 Å². The molecule has 88 valence electrons. The van der Waals surface area contributed by atoms with Crippen LogP contribution in [0.1, 0.15) is 35.0 Å². The van der Waals surface area contributed by atoms with Gasteiger partial charge in [-0.3, -0.25) is 5.10 Å². The van der Waals surface area contributed by atoms with E-state index in [0.717, 1.165) is 12.4 Å². The molecule has 1 aromatic carbocycles. The zero-order valence-electron chi connectivity index (χ0n) is 9.90. The Morgan fingerprint density at radius 2 is 2.41 bits per heavy atom. The Morgan fingerprint density at radius 1 is 1.47 bits per heavy atom. The van der Waals surface area contributed by atoms with Gasteiger partial charge in [0.25, 0.3) is 0 Å². The number of benzene rings is 1. The minimum atomic E-state index is 0.454. The Bertz CT molecular complexity index is 504. The van der Waals surface area contributed by atoms with Crippen LogP contribution in [0.2, 0.25) is 0 Å². The van der Waals surface area contributed by atoms with Crippen LogP contribution in [0, 0.1) is 6.92 Å². The van der Waals surface area contributed by atoms with Crippen molar-refractivity contribution in [1.29, 1.82) is 0 Å². The summed E-state index contributed by atoms with van der Waals surface area (Å²) in [4.78, 5) is 4.12. The molecule has 0 aliphatic heterocycles. The standard InChI is InChI=1S/C13H16N4/c1-9-2-3-10-4-5-12(11(10)6-9)14-7-13-15-8-16-17-13/h2-3,6,8,12,14H,4-5,7H2,1H3,(H,15,16,17). The zero-order valence-corrected chi connectivity index (χ0v) is 9.90. The average molecular weight is 228 g/mol. The van der Waals surface area contributed by atoms with Gasteiger partial charge in [-0.1, -0.05) is 23.8 Å². The third-order valence-corrected chi connectivity index (χ3v) is 3.36. The molecule has 1 unspecified atom stereocenters. The lowest BCUT2D eigenvalue weighted by atomic mass is 10.1. The summed E-state index contributed by atoms with van der Waals surface area (Å²) in [6.45, 7) is 2.89. The fourth-order valence-corrected chi connectivity index (χ4v) is 2.47. The first kappa shape index (κ1) is 10.5. The van der Waals surface area contributed by atoms with Crippen molar-refractivity contribution in [2.24, 2.45) is 0 Å². The van der Waals surface area contributed by atoms with Crippen LogP contribution in [0.3, 0.4) is 0 Å². The van der Waals surface area contributed by atoms with E-state index >= 15 is 0 Å². The Hall–Kier alpha value is -1.68. The van der Waals surface area contributed by atoms with Crippen molar-refractivity contribution in [1.82, 2.24) is 20.5 Å². The van der Waals surface area contributed by atoms with Gasteiger partial charge in [-0.15, -0.1) is 0 Å². The maximum Gasteiger partial charge on any atom is 0.138 e. The highest BCUT2D eigenvalue weighted by atomic mass is 15.2. The van der Waals surface area contributed by atoms with Gasteiger partial charge in [0, 0.05) is 6.04 Å². The van der Waals surface area contributed by atoms with E-state index < -0.39 is 0 Å². The highest BCUT2D eigenvalue weighted by Crippen LogP contribution is 2.31. The lowest BCUT2D eigenvalue weighted by Gasteiger charge is -2.13. The van der Waals surface area contributed by atoms with Gasteiger partial charge in [-0.25, -0.2) is 4.98 Å². The summed E-state index contributed by atoms with van der Waals surface area (Å²) >= 11 is 0. The van der Waals surface area contributed by atoms with Crippen LogP contribution in [0.15, 0.2) is 24.5 Å². The summed E-state index contributed by atoms with van der Waals surface area (Å²) in [5.41, 5.74) is 4.26. The molecular formula is C13H16N4. The highest BCUT2D eigenvalue weighted by molar-refractivity contribution is 5.37. The number of aromatic amines is 1. The van der Waals surface area contributed by atoms with Gasteiger partial charge in [0.05, 0.1) is 6.54 Å². The molecule has 0 saturated carbocycles. The minimum Gasteiger partial charge on any atom is -0.303 e. The first-order chi connectivity index (χ1) is 8.33. The molecule has 4 heteroatoms. The molecule has 3 rings (SSSR count). The number of aromatic nitrogens is 3. The largest absolute Gasteiger partial charge is 0.303 e. The second kappa shape index (κ2) is 4.30. The van der Waals surface area contributed by atoms with Crippen molar-refractivity contribution >= 4 is 0 Å². The maximum absolute atomic E-state index is 4.12. The Balaban J connectivity index is 1.73. The monoisotopic (exact) mass is 228 g/mol. The van der Waals surface area contributed by atoms with Crippen molar-refractivity contribution in [2.75, 3.05) is 0 Å². The molecule has 0 fully saturated rings. The summed E-state index contributed by atoms with van der Waals surface area (Å²) in [6, 6.07) is 7.19. The molecule has 1 atom stereocenters. The number of rotatable bonds is 3. The molecule has 0 spiro atoms. The molecule has 0 amide bonds. The van der Waals surface area contributed by atoms with Crippen molar-refractivity contribution in [3.63, 3.8) is 0 Å². The van der Waals surface area contributed by atoms with Gasteiger partial charge in [0.15, 0.2) is 0 Å². The van der Waals surface area contributed by atoms with E-state index in [1.807, 2.05) is 0 Å². The summed E-state index contributed by atoms with van der Waals surface area (Å²) in [5, 5.41) is 10.3. The lowest BCUT2D eigenvalue weighted by Crippen LogP contribution is -2.19. The first-order valence-electron chi connectivity index (χ1n) is 6.00. The predicted octanol–water partition coefficient (Wildman–Crippen LogP) is 1.89. The van der Waals surface area contributed by atoms with E-state index in [1.165, 1.54) is 29.5 Å². The Kier molecular flexibility index (Phi) is 2.65. The number of nitrogens with one attached hydrogen (secondary N) is 2. The van der Waals surface area contributed by atoms with Crippen LogP contribution in [0.5, 0.6) is 0 Å². The summed E-state index contributed by atoms with van der Waals surface area (Å²) in [5.74, 6) is 0.895. The zero-order chi connectivity index (χ0) is 11.7. The molecule has 2 aromatic rings. The number of nitrogens with zero attached hydrogens (tertiary/aromatic N) is 2. The molecule has 0 radical (unpaired) electrons. The molecule has 2 N–H and O–H groups in total. The van der Waals surface area contributed by atoms with Crippen LogP contribution < -0.4 is 5.32 Å².